The normalized spacial score (nSPS) is 28.9. The Bertz CT molecular complexity index is 242. The summed E-state index contributed by atoms with van der Waals surface area (Å²) >= 11 is 0. The lowest BCUT2D eigenvalue weighted by Gasteiger charge is -2.33. The number of hydrogen-bond acceptors (Lipinski definition) is 2. The average Bonchev–Trinajstić information content (AvgIpc) is 2.82. The predicted octanol–water partition coefficient (Wildman–Crippen LogP) is 2.06. The third-order valence-electron chi connectivity index (χ3n) is 4.07. The summed E-state index contributed by atoms with van der Waals surface area (Å²) in [6.45, 7) is 6.37. The van der Waals surface area contributed by atoms with E-state index in [1.807, 2.05) is 0 Å². The first-order valence-electron chi connectivity index (χ1n) is 6.78. The van der Waals surface area contributed by atoms with Crippen LogP contribution >= 0.6 is 12.4 Å². The Kier molecular flexibility index (Phi) is 6.28. The Labute approximate surface area is 111 Å². The smallest absolute Gasteiger partial charge is 0.222 e. The molecular weight excluding hydrogens is 236 g/mol. The molecule has 1 amide bonds. The van der Waals surface area contributed by atoms with E-state index in [0.29, 0.717) is 11.8 Å². The molecule has 2 aliphatic heterocycles. The van der Waals surface area contributed by atoms with Gasteiger partial charge in [0.25, 0.3) is 0 Å². The number of amides is 1. The molecular formula is C13H25ClN2O. The van der Waals surface area contributed by atoms with Crippen LogP contribution in [0, 0.1) is 11.8 Å². The first-order chi connectivity index (χ1) is 7.79. The van der Waals surface area contributed by atoms with E-state index in [1.54, 1.807) is 0 Å². The van der Waals surface area contributed by atoms with Gasteiger partial charge in [-0.2, -0.15) is 0 Å². The predicted molar refractivity (Wildman–Crippen MR) is 72.4 cm³/mol. The van der Waals surface area contributed by atoms with Crippen LogP contribution in [0.15, 0.2) is 0 Å². The topological polar surface area (TPSA) is 32.3 Å². The molecule has 0 bridgehead atoms. The average molecular weight is 261 g/mol. The van der Waals surface area contributed by atoms with Crippen LogP contribution < -0.4 is 5.32 Å². The van der Waals surface area contributed by atoms with E-state index in [2.05, 4.69) is 17.1 Å². The van der Waals surface area contributed by atoms with Crippen LogP contribution in [0.3, 0.4) is 0 Å². The molecule has 2 fully saturated rings. The second-order valence-electron chi connectivity index (χ2n) is 5.32. The minimum absolute atomic E-state index is 0. The van der Waals surface area contributed by atoms with Gasteiger partial charge in [-0.25, -0.2) is 0 Å². The maximum Gasteiger partial charge on any atom is 0.222 e. The summed E-state index contributed by atoms with van der Waals surface area (Å²) in [4.78, 5) is 14.2. The van der Waals surface area contributed by atoms with Crippen molar-refractivity contribution in [3.63, 3.8) is 0 Å². The highest BCUT2D eigenvalue weighted by Crippen LogP contribution is 2.21. The lowest BCUT2D eigenvalue weighted by Crippen LogP contribution is -2.40. The van der Waals surface area contributed by atoms with Crippen LogP contribution in [0.5, 0.6) is 0 Å². The van der Waals surface area contributed by atoms with Crippen molar-refractivity contribution in [1.29, 1.82) is 0 Å². The molecule has 0 aromatic heterocycles. The lowest BCUT2D eigenvalue weighted by atomic mass is 9.94. The highest BCUT2D eigenvalue weighted by molar-refractivity contribution is 5.85. The summed E-state index contributed by atoms with van der Waals surface area (Å²) in [5.41, 5.74) is 0. The molecule has 17 heavy (non-hydrogen) atoms. The number of hydrogen-bond donors (Lipinski definition) is 1. The van der Waals surface area contributed by atoms with E-state index in [-0.39, 0.29) is 12.4 Å². The first-order valence-corrected chi connectivity index (χ1v) is 6.78. The summed E-state index contributed by atoms with van der Waals surface area (Å²) in [6.07, 6.45) is 5.67. The maximum absolute atomic E-state index is 12.1. The molecule has 1 N–H and O–H groups in total. The van der Waals surface area contributed by atoms with Gasteiger partial charge in [-0.15, -0.1) is 12.4 Å². The van der Waals surface area contributed by atoms with Crippen molar-refractivity contribution < 1.29 is 4.79 Å². The molecule has 2 atom stereocenters. The van der Waals surface area contributed by atoms with Gasteiger partial charge in [0, 0.05) is 19.5 Å². The van der Waals surface area contributed by atoms with Crippen molar-refractivity contribution in [2.24, 2.45) is 11.8 Å². The van der Waals surface area contributed by atoms with Crippen molar-refractivity contribution in [1.82, 2.24) is 10.2 Å². The van der Waals surface area contributed by atoms with Gasteiger partial charge in [-0.1, -0.05) is 13.3 Å². The summed E-state index contributed by atoms with van der Waals surface area (Å²) in [7, 11) is 0. The van der Waals surface area contributed by atoms with Gasteiger partial charge in [0.1, 0.15) is 0 Å². The molecule has 2 saturated heterocycles. The van der Waals surface area contributed by atoms with Crippen LogP contribution in [-0.2, 0) is 4.79 Å². The molecule has 0 spiro atoms. The molecule has 2 rings (SSSR count). The zero-order valence-corrected chi connectivity index (χ0v) is 11.6. The number of piperidine rings is 1. The van der Waals surface area contributed by atoms with Crippen LogP contribution in [0.25, 0.3) is 0 Å². The number of halogens is 1. The Morgan fingerprint density at radius 3 is 2.82 bits per heavy atom. The molecule has 0 saturated carbocycles. The number of nitrogens with zero attached hydrogens (tertiary/aromatic N) is 1. The molecule has 0 radical (unpaired) electrons. The van der Waals surface area contributed by atoms with E-state index in [0.717, 1.165) is 38.5 Å². The van der Waals surface area contributed by atoms with Crippen molar-refractivity contribution in [3.8, 4) is 0 Å². The van der Waals surface area contributed by atoms with E-state index >= 15 is 0 Å². The second kappa shape index (κ2) is 7.22. The number of nitrogens with one attached hydrogen (secondary N) is 1. The quantitative estimate of drug-likeness (QED) is 0.843. The Morgan fingerprint density at radius 1 is 1.35 bits per heavy atom. The monoisotopic (exact) mass is 260 g/mol. The molecule has 2 unspecified atom stereocenters. The van der Waals surface area contributed by atoms with Crippen LogP contribution in [0.2, 0.25) is 0 Å². The van der Waals surface area contributed by atoms with Crippen LogP contribution in [0.4, 0.5) is 0 Å². The van der Waals surface area contributed by atoms with Gasteiger partial charge in [0.2, 0.25) is 5.91 Å². The largest absolute Gasteiger partial charge is 0.342 e. The minimum atomic E-state index is 0. The van der Waals surface area contributed by atoms with Crippen LogP contribution in [0.1, 0.15) is 39.0 Å². The SMILES string of the molecule is CCC1CCCN(C(=O)CC2CCNC2)C1.Cl. The lowest BCUT2D eigenvalue weighted by molar-refractivity contribution is -0.133. The molecule has 100 valence electrons. The molecule has 2 aliphatic rings. The van der Waals surface area contributed by atoms with Gasteiger partial charge >= 0.3 is 0 Å². The van der Waals surface area contributed by atoms with E-state index < -0.39 is 0 Å². The first kappa shape index (κ1) is 14.8. The standard InChI is InChI=1S/C13H24N2O.ClH/c1-2-11-4-3-7-15(10-11)13(16)8-12-5-6-14-9-12;/h11-12,14H,2-10H2,1H3;1H. The zero-order valence-electron chi connectivity index (χ0n) is 10.8. The summed E-state index contributed by atoms with van der Waals surface area (Å²) in [6, 6.07) is 0. The maximum atomic E-state index is 12.1. The van der Waals surface area contributed by atoms with Gasteiger partial charge in [-0.05, 0) is 44.2 Å². The molecule has 0 aliphatic carbocycles. The molecule has 3 nitrogen and oxygen atoms in total. The third kappa shape index (κ3) is 4.14. The van der Waals surface area contributed by atoms with Gasteiger partial charge in [0.15, 0.2) is 0 Å². The fourth-order valence-corrected chi connectivity index (χ4v) is 2.89. The fraction of sp³-hybridized carbons (Fsp3) is 0.923. The van der Waals surface area contributed by atoms with Crippen LogP contribution in [-0.4, -0.2) is 37.0 Å². The van der Waals surface area contributed by atoms with Crippen molar-refractivity contribution in [3.05, 3.63) is 0 Å². The summed E-state index contributed by atoms with van der Waals surface area (Å²) < 4.78 is 0. The van der Waals surface area contributed by atoms with E-state index in [1.165, 1.54) is 25.7 Å². The Hall–Kier alpha value is -0.280. The van der Waals surface area contributed by atoms with Crippen molar-refractivity contribution in [2.45, 2.75) is 39.0 Å². The van der Waals surface area contributed by atoms with E-state index in [9.17, 15) is 4.79 Å². The molecule has 0 aromatic rings. The highest BCUT2D eigenvalue weighted by Gasteiger charge is 2.25. The highest BCUT2D eigenvalue weighted by atomic mass is 35.5. The fourth-order valence-electron chi connectivity index (χ4n) is 2.89. The number of carbonyl (C=O) groups is 1. The molecule has 2 heterocycles. The van der Waals surface area contributed by atoms with Gasteiger partial charge in [0.05, 0.1) is 0 Å². The summed E-state index contributed by atoms with van der Waals surface area (Å²) in [5.74, 6) is 1.74. The molecule has 0 aromatic carbocycles. The number of likely N-dealkylation sites (tertiary alicyclic amines) is 1. The third-order valence-corrected chi connectivity index (χ3v) is 4.07. The van der Waals surface area contributed by atoms with Gasteiger partial charge < -0.3 is 10.2 Å². The van der Waals surface area contributed by atoms with Crippen molar-refractivity contribution in [2.75, 3.05) is 26.2 Å². The zero-order chi connectivity index (χ0) is 11.4. The minimum Gasteiger partial charge on any atom is -0.342 e. The summed E-state index contributed by atoms with van der Waals surface area (Å²) in [5, 5.41) is 3.33. The Balaban J connectivity index is 0.00000144. The van der Waals surface area contributed by atoms with E-state index in [4.69, 9.17) is 0 Å². The molecule has 4 heteroatoms. The van der Waals surface area contributed by atoms with Crippen molar-refractivity contribution >= 4 is 18.3 Å². The Morgan fingerprint density at radius 2 is 2.18 bits per heavy atom. The number of carbonyl (C=O) groups excluding carboxylic acids is 1. The number of rotatable bonds is 3. The van der Waals surface area contributed by atoms with Gasteiger partial charge in [-0.3, -0.25) is 4.79 Å². The second-order valence-corrected chi connectivity index (χ2v) is 5.32.